The highest BCUT2D eigenvalue weighted by atomic mass is 16.8. The third-order valence-electron chi connectivity index (χ3n) is 7.36. The van der Waals surface area contributed by atoms with Crippen molar-refractivity contribution in [2.24, 2.45) is 0 Å². The van der Waals surface area contributed by atoms with Crippen molar-refractivity contribution in [3.05, 3.63) is 40.6 Å². The van der Waals surface area contributed by atoms with Crippen LogP contribution in [0.1, 0.15) is 6.92 Å². The molecule has 0 aliphatic carbocycles. The summed E-state index contributed by atoms with van der Waals surface area (Å²) < 4.78 is 27.8. The molecule has 0 amide bonds. The van der Waals surface area contributed by atoms with Crippen molar-refractivity contribution in [1.82, 2.24) is 0 Å². The summed E-state index contributed by atoms with van der Waals surface area (Å²) in [6, 6.07) is 5.90. The highest BCUT2D eigenvalue weighted by molar-refractivity contribution is 5.93. The number of ether oxygens (including phenoxy) is 4. The van der Waals surface area contributed by atoms with Crippen molar-refractivity contribution >= 4 is 11.0 Å². The lowest BCUT2D eigenvalue weighted by Crippen LogP contribution is -2.64. The van der Waals surface area contributed by atoms with Gasteiger partial charge >= 0.3 is 0 Å². The first-order valence-corrected chi connectivity index (χ1v) is 13.0. The Labute approximate surface area is 241 Å². The van der Waals surface area contributed by atoms with Gasteiger partial charge in [-0.2, -0.15) is 0 Å². The Hall–Kier alpha value is -3.71. The van der Waals surface area contributed by atoms with Crippen LogP contribution in [0.5, 0.6) is 28.7 Å². The number of aliphatic hydroxyl groups is 6. The van der Waals surface area contributed by atoms with E-state index in [0.717, 1.165) is 6.07 Å². The molecule has 0 bridgehead atoms. The van der Waals surface area contributed by atoms with Crippen LogP contribution in [0.25, 0.3) is 22.3 Å². The lowest BCUT2D eigenvalue weighted by atomic mass is 9.97. The van der Waals surface area contributed by atoms with Crippen molar-refractivity contribution in [3.8, 4) is 40.1 Å². The molecule has 2 aromatic carbocycles. The monoisotopic (exact) mass is 610 g/mol. The Balaban J connectivity index is 1.54. The van der Waals surface area contributed by atoms with Gasteiger partial charge in [-0.25, -0.2) is 0 Å². The molecule has 2 fully saturated rings. The summed E-state index contributed by atoms with van der Waals surface area (Å²) in [4.78, 5) is 12.9. The molecular formula is C27H30O16. The fraction of sp³-hybridized carbons (Fsp3) is 0.444. The van der Waals surface area contributed by atoms with Crippen molar-refractivity contribution in [3.63, 3.8) is 0 Å². The van der Waals surface area contributed by atoms with Crippen LogP contribution in [0.3, 0.4) is 0 Å². The summed E-state index contributed by atoms with van der Waals surface area (Å²) in [6.45, 7) is 0.566. The first-order valence-electron chi connectivity index (χ1n) is 13.0. The van der Waals surface area contributed by atoms with Gasteiger partial charge in [-0.05, 0) is 31.2 Å². The molecule has 0 saturated carbocycles. The smallest absolute Gasteiger partial charge is 0.238 e. The SMILES string of the molecule is CC1OC(OC2C(Oc3cc(O)c4c(=O)c(O)c(-c5ccc(O)cc5)oc4c3O)OC(CO)C(O)C2O)C(O)C(O)C1O. The zero-order valence-electron chi connectivity index (χ0n) is 22.3. The minimum absolute atomic E-state index is 0.119. The fourth-order valence-electron chi connectivity index (χ4n) is 4.90. The van der Waals surface area contributed by atoms with Crippen molar-refractivity contribution in [1.29, 1.82) is 0 Å². The number of hydrogen-bond donors (Lipinski definition) is 10. The molecule has 3 aromatic rings. The predicted octanol–water partition coefficient (Wildman–Crippen LogP) is -1.69. The summed E-state index contributed by atoms with van der Waals surface area (Å²) >= 11 is 0. The summed E-state index contributed by atoms with van der Waals surface area (Å²) in [5.41, 5.74) is -1.62. The van der Waals surface area contributed by atoms with Crippen molar-refractivity contribution in [2.45, 2.75) is 68.3 Å². The average Bonchev–Trinajstić information content (AvgIpc) is 2.98. The first-order chi connectivity index (χ1) is 20.3. The molecule has 2 aliphatic heterocycles. The van der Waals surface area contributed by atoms with E-state index < -0.39 is 113 Å². The summed E-state index contributed by atoms with van der Waals surface area (Å²) in [6.07, 6.45) is -16.4. The number of aliphatic hydroxyl groups excluding tert-OH is 6. The Morgan fingerprint density at radius 1 is 0.814 bits per heavy atom. The predicted molar refractivity (Wildman–Crippen MR) is 140 cm³/mol. The highest BCUT2D eigenvalue weighted by Gasteiger charge is 2.51. The molecule has 16 heteroatoms. The largest absolute Gasteiger partial charge is 0.508 e. The molecule has 0 radical (unpaired) electrons. The second-order valence-electron chi connectivity index (χ2n) is 10.2. The van der Waals surface area contributed by atoms with Gasteiger partial charge in [0.05, 0.1) is 12.7 Å². The zero-order chi connectivity index (χ0) is 31.3. The van der Waals surface area contributed by atoms with Crippen LogP contribution in [0, 0.1) is 0 Å². The van der Waals surface area contributed by atoms with Gasteiger partial charge in [0, 0.05) is 11.6 Å². The van der Waals surface area contributed by atoms with Crippen LogP contribution in [-0.2, 0) is 14.2 Å². The number of phenols is 3. The quantitative estimate of drug-likeness (QED) is 0.140. The second-order valence-corrected chi connectivity index (χ2v) is 10.2. The maximum atomic E-state index is 12.9. The number of hydrogen-bond acceptors (Lipinski definition) is 16. The van der Waals surface area contributed by atoms with Crippen LogP contribution < -0.4 is 10.2 Å². The Kier molecular flexibility index (Phi) is 8.41. The van der Waals surface area contributed by atoms with Gasteiger partial charge in [-0.15, -0.1) is 0 Å². The molecule has 3 heterocycles. The van der Waals surface area contributed by atoms with Crippen molar-refractivity contribution < 1.29 is 74.4 Å². The maximum Gasteiger partial charge on any atom is 0.238 e. The number of fused-ring (bicyclic) bond motifs is 1. The summed E-state index contributed by atoms with van der Waals surface area (Å²) in [7, 11) is 0. The molecule has 5 rings (SSSR count). The number of benzene rings is 2. The lowest BCUT2D eigenvalue weighted by molar-refractivity contribution is -0.354. The summed E-state index contributed by atoms with van der Waals surface area (Å²) in [5, 5.41) is 103. The van der Waals surface area contributed by atoms with E-state index in [-0.39, 0.29) is 11.3 Å². The van der Waals surface area contributed by atoms with Gasteiger partial charge in [-0.3, -0.25) is 4.79 Å². The Morgan fingerprint density at radius 3 is 2.14 bits per heavy atom. The van der Waals surface area contributed by atoms with Gasteiger partial charge in [0.15, 0.2) is 29.5 Å². The van der Waals surface area contributed by atoms with E-state index in [0.29, 0.717) is 0 Å². The third kappa shape index (κ3) is 5.44. The molecule has 2 aliphatic rings. The molecule has 2 saturated heterocycles. The normalized spacial score (nSPS) is 33.0. The summed E-state index contributed by atoms with van der Waals surface area (Å²) in [5.74, 6) is -3.74. The molecule has 234 valence electrons. The number of rotatable bonds is 6. The minimum Gasteiger partial charge on any atom is -0.508 e. The molecule has 1 aromatic heterocycles. The van der Waals surface area contributed by atoms with Gasteiger partial charge in [0.1, 0.15) is 53.5 Å². The van der Waals surface area contributed by atoms with E-state index in [4.69, 9.17) is 23.4 Å². The van der Waals surface area contributed by atoms with Gasteiger partial charge in [0.25, 0.3) is 0 Å². The second kappa shape index (κ2) is 11.8. The number of aromatic hydroxyl groups is 4. The molecule has 10 N–H and O–H groups in total. The van der Waals surface area contributed by atoms with Crippen LogP contribution in [-0.4, -0.2) is 119 Å². The van der Waals surface area contributed by atoms with E-state index in [9.17, 15) is 55.9 Å². The molecule has 43 heavy (non-hydrogen) atoms. The molecule has 16 nitrogen and oxygen atoms in total. The van der Waals surface area contributed by atoms with E-state index in [1.165, 1.54) is 31.2 Å². The van der Waals surface area contributed by atoms with Crippen LogP contribution in [0.15, 0.2) is 39.5 Å². The van der Waals surface area contributed by atoms with Gasteiger partial charge in [-0.1, -0.05) is 0 Å². The first kappa shape index (κ1) is 30.7. The van der Waals surface area contributed by atoms with E-state index in [2.05, 4.69) is 0 Å². The maximum absolute atomic E-state index is 12.9. The van der Waals surface area contributed by atoms with E-state index in [1.807, 2.05) is 0 Å². The van der Waals surface area contributed by atoms with Crippen LogP contribution in [0.2, 0.25) is 0 Å². The minimum atomic E-state index is -1.88. The molecule has 0 spiro atoms. The average molecular weight is 611 g/mol. The zero-order valence-corrected chi connectivity index (χ0v) is 22.3. The van der Waals surface area contributed by atoms with E-state index >= 15 is 0 Å². The number of phenolic OH excluding ortho intramolecular Hbond substituents is 3. The van der Waals surface area contributed by atoms with Crippen LogP contribution in [0.4, 0.5) is 0 Å². The molecule has 10 unspecified atom stereocenters. The van der Waals surface area contributed by atoms with E-state index in [1.54, 1.807) is 0 Å². The van der Waals surface area contributed by atoms with Gasteiger partial charge in [0.2, 0.25) is 23.2 Å². The lowest BCUT2D eigenvalue weighted by Gasteiger charge is -2.45. The Bertz CT molecular complexity index is 1520. The molecular weight excluding hydrogens is 580 g/mol. The van der Waals surface area contributed by atoms with Gasteiger partial charge < -0.3 is 74.4 Å². The van der Waals surface area contributed by atoms with Crippen molar-refractivity contribution in [2.75, 3.05) is 6.61 Å². The third-order valence-corrected chi connectivity index (χ3v) is 7.36. The fourth-order valence-corrected chi connectivity index (χ4v) is 4.90. The topological polar surface area (TPSA) is 269 Å². The van der Waals surface area contributed by atoms with Crippen LogP contribution >= 0.6 is 0 Å². The Morgan fingerprint density at radius 2 is 1.49 bits per heavy atom. The standard InChI is InChI=1S/C27H30O16/c1-8-15(31)19(35)22(38)26(39-8)43-25-20(36)16(32)13(7-28)41-27(25)40-12-6-11(30)14-18(34)21(37)23(42-24(14)17(12)33)9-2-4-10(29)5-3-9/h2-6,8,13,15-16,19-20,22,25-33,35-38H,7H2,1H3. The molecule has 10 atom stereocenters. The highest BCUT2D eigenvalue weighted by Crippen LogP contribution is 2.44.